The molecule has 0 saturated carbocycles. The summed E-state index contributed by atoms with van der Waals surface area (Å²) in [4.78, 5) is 14.9. The molecule has 1 unspecified atom stereocenters. The smallest absolute Gasteiger partial charge is 0.241 e. The van der Waals surface area contributed by atoms with Crippen LogP contribution in [0.4, 0.5) is 5.69 Å². The van der Waals surface area contributed by atoms with Gasteiger partial charge in [0.25, 0.3) is 0 Å². The molecule has 0 saturated heterocycles. The van der Waals surface area contributed by atoms with Gasteiger partial charge in [-0.2, -0.15) is 0 Å². The SMILES string of the molecule is CC(O)c1ccc(N(C)CC(=O)N(C)C)c(Cl)c1. The monoisotopic (exact) mass is 270 g/mol. The number of aliphatic hydroxyl groups is 1. The number of anilines is 1. The molecule has 1 N–H and O–H groups in total. The van der Waals surface area contributed by atoms with Gasteiger partial charge in [0.15, 0.2) is 0 Å². The Hall–Kier alpha value is -1.26. The Morgan fingerprint density at radius 1 is 1.39 bits per heavy atom. The van der Waals surface area contributed by atoms with Gasteiger partial charge in [0.1, 0.15) is 0 Å². The number of carbonyl (C=O) groups excluding carboxylic acids is 1. The first-order chi connectivity index (χ1) is 8.32. The van der Waals surface area contributed by atoms with Crippen molar-refractivity contribution in [3.05, 3.63) is 28.8 Å². The van der Waals surface area contributed by atoms with Crippen LogP contribution in [0.3, 0.4) is 0 Å². The number of halogens is 1. The standard InChI is InChI=1S/C13H19ClN2O2/c1-9(17)10-5-6-12(11(14)7-10)16(4)8-13(18)15(2)3/h5-7,9,17H,8H2,1-4H3. The van der Waals surface area contributed by atoms with Crippen molar-refractivity contribution in [1.82, 2.24) is 4.90 Å². The lowest BCUT2D eigenvalue weighted by Gasteiger charge is -2.22. The zero-order chi connectivity index (χ0) is 13.9. The number of hydrogen-bond acceptors (Lipinski definition) is 3. The lowest BCUT2D eigenvalue weighted by Crippen LogP contribution is -2.34. The van der Waals surface area contributed by atoms with Crippen LogP contribution in [0.5, 0.6) is 0 Å². The van der Waals surface area contributed by atoms with E-state index < -0.39 is 6.10 Å². The topological polar surface area (TPSA) is 43.8 Å². The average molecular weight is 271 g/mol. The van der Waals surface area contributed by atoms with E-state index in [-0.39, 0.29) is 12.5 Å². The third-order valence-electron chi connectivity index (χ3n) is 2.74. The van der Waals surface area contributed by atoms with E-state index in [0.29, 0.717) is 5.02 Å². The first kappa shape index (κ1) is 14.8. The van der Waals surface area contributed by atoms with Gasteiger partial charge in [0.05, 0.1) is 23.4 Å². The molecule has 0 aromatic heterocycles. The quantitative estimate of drug-likeness (QED) is 0.909. The van der Waals surface area contributed by atoms with Crippen molar-refractivity contribution in [3.63, 3.8) is 0 Å². The molecule has 18 heavy (non-hydrogen) atoms. The maximum atomic E-state index is 11.6. The molecule has 0 bridgehead atoms. The number of likely N-dealkylation sites (N-methyl/N-ethyl adjacent to an activating group) is 2. The fourth-order valence-corrected chi connectivity index (χ4v) is 1.86. The highest BCUT2D eigenvalue weighted by Crippen LogP contribution is 2.28. The molecule has 1 aromatic rings. The van der Waals surface area contributed by atoms with Gasteiger partial charge in [-0.3, -0.25) is 4.79 Å². The molecule has 0 fully saturated rings. The number of aliphatic hydroxyl groups excluding tert-OH is 1. The highest BCUT2D eigenvalue weighted by molar-refractivity contribution is 6.33. The van der Waals surface area contributed by atoms with Gasteiger partial charge in [-0.1, -0.05) is 17.7 Å². The number of nitrogens with zero attached hydrogens (tertiary/aromatic N) is 2. The van der Waals surface area contributed by atoms with Crippen LogP contribution in [0.25, 0.3) is 0 Å². The van der Waals surface area contributed by atoms with Crippen LogP contribution in [0, 0.1) is 0 Å². The van der Waals surface area contributed by atoms with Gasteiger partial charge in [0.2, 0.25) is 5.91 Å². The summed E-state index contributed by atoms with van der Waals surface area (Å²) in [6.45, 7) is 1.95. The molecule has 0 aliphatic carbocycles. The number of rotatable bonds is 4. The average Bonchev–Trinajstić information content (AvgIpc) is 2.28. The van der Waals surface area contributed by atoms with E-state index >= 15 is 0 Å². The molecule has 1 atom stereocenters. The predicted octanol–water partition coefficient (Wildman–Crippen LogP) is 1.92. The summed E-state index contributed by atoms with van der Waals surface area (Å²) >= 11 is 6.15. The molecule has 0 aliphatic rings. The minimum Gasteiger partial charge on any atom is -0.389 e. The maximum Gasteiger partial charge on any atom is 0.241 e. The molecular formula is C13H19ClN2O2. The van der Waals surface area contributed by atoms with Crippen LogP contribution >= 0.6 is 11.6 Å². The molecule has 1 rings (SSSR count). The molecule has 0 heterocycles. The van der Waals surface area contributed by atoms with Gasteiger partial charge in [-0.05, 0) is 24.6 Å². The molecule has 1 aromatic carbocycles. The maximum absolute atomic E-state index is 11.6. The molecule has 0 aliphatic heterocycles. The minimum absolute atomic E-state index is 0.00756. The van der Waals surface area contributed by atoms with Crippen molar-refractivity contribution in [3.8, 4) is 0 Å². The second kappa shape index (κ2) is 6.07. The van der Waals surface area contributed by atoms with Crippen LogP contribution in [0.2, 0.25) is 5.02 Å². The Balaban J connectivity index is 2.87. The summed E-state index contributed by atoms with van der Waals surface area (Å²) in [5.74, 6) is 0.00756. The fraction of sp³-hybridized carbons (Fsp3) is 0.462. The van der Waals surface area contributed by atoms with Gasteiger partial charge < -0.3 is 14.9 Å². The van der Waals surface area contributed by atoms with Crippen molar-refractivity contribution in [2.75, 3.05) is 32.6 Å². The first-order valence-electron chi connectivity index (χ1n) is 5.71. The second-order valence-electron chi connectivity index (χ2n) is 4.53. The highest BCUT2D eigenvalue weighted by atomic mass is 35.5. The van der Waals surface area contributed by atoms with E-state index in [0.717, 1.165) is 11.3 Å². The summed E-state index contributed by atoms with van der Waals surface area (Å²) in [5, 5.41) is 9.99. The van der Waals surface area contributed by atoms with Gasteiger partial charge in [-0.15, -0.1) is 0 Å². The van der Waals surface area contributed by atoms with E-state index in [2.05, 4.69) is 0 Å². The van der Waals surface area contributed by atoms with E-state index in [1.165, 1.54) is 4.90 Å². The fourth-order valence-electron chi connectivity index (χ4n) is 1.52. The highest BCUT2D eigenvalue weighted by Gasteiger charge is 2.13. The van der Waals surface area contributed by atoms with Crippen LogP contribution < -0.4 is 4.90 Å². The lowest BCUT2D eigenvalue weighted by molar-refractivity contribution is -0.127. The summed E-state index contributed by atoms with van der Waals surface area (Å²) in [6.07, 6.45) is -0.551. The molecule has 100 valence electrons. The molecule has 4 nitrogen and oxygen atoms in total. The zero-order valence-electron chi connectivity index (χ0n) is 11.1. The van der Waals surface area contributed by atoms with Crippen LogP contribution in [0.15, 0.2) is 18.2 Å². The molecule has 0 spiro atoms. The lowest BCUT2D eigenvalue weighted by atomic mass is 10.1. The third kappa shape index (κ3) is 3.62. The molecule has 1 amide bonds. The zero-order valence-corrected chi connectivity index (χ0v) is 11.9. The Morgan fingerprint density at radius 2 is 2.00 bits per heavy atom. The predicted molar refractivity (Wildman–Crippen MR) is 74.0 cm³/mol. The second-order valence-corrected chi connectivity index (χ2v) is 4.94. The molecular weight excluding hydrogens is 252 g/mol. The van der Waals surface area contributed by atoms with Crippen molar-refractivity contribution in [2.45, 2.75) is 13.0 Å². The van der Waals surface area contributed by atoms with Crippen molar-refractivity contribution in [2.24, 2.45) is 0 Å². The Labute approximate surface area is 113 Å². The summed E-state index contributed by atoms with van der Waals surface area (Å²) in [5.41, 5.74) is 1.53. The Bertz CT molecular complexity index is 433. The van der Waals surface area contributed by atoms with Crippen LogP contribution in [-0.2, 0) is 4.79 Å². The van der Waals surface area contributed by atoms with Crippen LogP contribution in [-0.4, -0.2) is 43.6 Å². The van der Waals surface area contributed by atoms with Gasteiger partial charge in [-0.25, -0.2) is 0 Å². The summed E-state index contributed by atoms with van der Waals surface area (Å²) in [7, 11) is 5.24. The number of carbonyl (C=O) groups is 1. The van der Waals surface area contributed by atoms with Gasteiger partial charge >= 0.3 is 0 Å². The summed E-state index contributed by atoms with van der Waals surface area (Å²) < 4.78 is 0. The molecule has 5 heteroatoms. The molecule has 0 radical (unpaired) electrons. The first-order valence-corrected chi connectivity index (χ1v) is 6.09. The van der Waals surface area contributed by atoms with Crippen molar-refractivity contribution < 1.29 is 9.90 Å². The number of amides is 1. The van der Waals surface area contributed by atoms with Crippen LogP contribution in [0.1, 0.15) is 18.6 Å². The van der Waals surface area contributed by atoms with Crippen molar-refractivity contribution in [1.29, 1.82) is 0 Å². The summed E-state index contributed by atoms with van der Waals surface area (Å²) in [6, 6.07) is 5.34. The van der Waals surface area contributed by atoms with E-state index in [4.69, 9.17) is 11.6 Å². The van der Waals surface area contributed by atoms with E-state index in [9.17, 15) is 9.90 Å². The number of benzene rings is 1. The minimum atomic E-state index is -0.551. The Kier molecular flexibility index (Phi) is 4.99. The van der Waals surface area contributed by atoms with Gasteiger partial charge in [0, 0.05) is 21.1 Å². The van der Waals surface area contributed by atoms with E-state index in [1.807, 2.05) is 19.2 Å². The number of hydrogen-bond donors (Lipinski definition) is 1. The van der Waals surface area contributed by atoms with E-state index in [1.54, 1.807) is 32.0 Å². The Morgan fingerprint density at radius 3 is 2.44 bits per heavy atom. The largest absolute Gasteiger partial charge is 0.389 e. The third-order valence-corrected chi connectivity index (χ3v) is 3.04. The van der Waals surface area contributed by atoms with Crippen molar-refractivity contribution >= 4 is 23.2 Å². The normalized spacial score (nSPS) is 12.1.